The van der Waals surface area contributed by atoms with Gasteiger partial charge in [0.1, 0.15) is 0 Å². The minimum atomic E-state index is -0.153. The molecule has 140 valence electrons. The van der Waals surface area contributed by atoms with E-state index in [0.29, 0.717) is 10.2 Å². The van der Waals surface area contributed by atoms with Crippen LogP contribution >= 0.6 is 34.7 Å². The number of aromatic nitrogens is 2. The molecule has 0 bridgehead atoms. The Balaban J connectivity index is 1.50. The van der Waals surface area contributed by atoms with Gasteiger partial charge in [0.15, 0.2) is 4.34 Å². The number of thioether (sulfide) groups is 1. The Kier molecular flexibility index (Phi) is 6.71. The van der Waals surface area contributed by atoms with Crippen molar-refractivity contribution in [1.29, 1.82) is 0 Å². The number of anilines is 2. The second-order valence-corrected chi connectivity index (χ2v) is 8.57. The van der Waals surface area contributed by atoms with Gasteiger partial charge in [0.05, 0.1) is 11.8 Å². The van der Waals surface area contributed by atoms with Crippen LogP contribution in [0.1, 0.15) is 24.1 Å². The summed E-state index contributed by atoms with van der Waals surface area (Å²) in [6.45, 7) is 3.96. The molecule has 0 fully saturated rings. The predicted molar refractivity (Wildman–Crippen MR) is 113 cm³/mol. The second kappa shape index (κ2) is 9.21. The van der Waals surface area contributed by atoms with Crippen molar-refractivity contribution in [3.05, 3.63) is 64.7 Å². The van der Waals surface area contributed by atoms with Gasteiger partial charge in [-0.15, -0.1) is 10.2 Å². The third kappa shape index (κ3) is 5.69. The van der Waals surface area contributed by atoms with Gasteiger partial charge in [0, 0.05) is 10.7 Å². The van der Waals surface area contributed by atoms with Gasteiger partial charge in [-0.05, 0) is 37.6 Å². The summed E-state index contributed by atoms with van der Waals surface area (Å²) in [5.41, 5.74) is 3.06. The smallest absolute Gasteiger partial charge is 0.230 e. The highest BCUT2D eigenvalue weighted by Crippen LogP contribution is 2.28. The summed E-state index contributed by atoms with van der Waals surface area (Å²) >= 11 is 8.96. The molecule has 8 heteroatoms. The van der Waals surface area contributed by atoms with Crippen molar-refractivity contribution < 1.29 is 4.79 Å². The van der Waals surface area contributed by atoms with Crippen molar-refractivity contribution >= 4 is 51.4 Å². The quantitative estimate of drug-likeness (QED) is 0.515. The first-order valence-corrected chi connectivity index (χ1v) is 10.5. The molecule has 0 aliphatic rings. The number of benzene rings is 2. The van der Waals surface area contributed by atoms with Crippen LogP contribution in [-0.2, 0) is 4.79 Å². The molecule has 0 unspecified atom stereocenters. The van der Waals surface area contributed by atoms with Crippen LogP contribution in [0, 0.1) is 6.92 Å². The molecule has 0 spiro atoms. The van der Waals surface area contributed by atoms with Gasteiger partial charge >= 0.3 is 0 Å². The minimum absolute atomic E-state index is 0.0735. The first-order chi connectivity index (χ1) is 13.0. The van der Waals surface area contributed by atoms with Crippen LogP contribution in [0.3, 0.4) is 0 Å². The normalized spacial score (nSPS) is 11.8. The molecule has 5 nitrogen and oxygen atoms in total. The highest BCUT2D eigenvalue weighted by Gasteiger charge is 2.13. The van der Waals surface area contributed by atoms with Crippen LogP contribution in [0.4, 0.5) is 10.8 Å². The maximum absolute atomic E-state index is 12.2. The number of carbonyl (C=O) groups excluding carboxylic acids is 1. The van der Waals surface area contributed by atoms with E-state index in [1.165, 1.54) is 28.7 Å². The number of carbonyl (C=O) groups is 1. The molecule has 27 heavy (non-hydrogen) atoms. The number of hydrogen-bond acceptors (Lipinski definition) is 6. The Morgan fingerprint density at radius 1 is 1.19 bits per heavy atom. The van der Waals surface area contributed by atoms with Gasteiger partial charge in [0.25, 0.3) is 0 Å². The van der Waals surface area contributed by atoms with E-state index in [0.717, 1.165) is 15.6 Å². The van der Waals surface area contributed by atoms with Crippen LogP contribution < -0.4 is 10.6 Å². The summed E-state index contributed by atoms with van der Waals surface area (Å²) in [7, 11) is 0. The lowest BCUT2D eigenvalue weighted by molar-refractivity contribution is -0.119. The first kappa shape index (κ1) is 19.7. The topological polar surface area (TPSA) is 66.9 Å². The van der Waals surface area contributed by atoms with E-state index in [-0.39, 0.29) is 17.7 Å². The van der Waals surface area contributed by atoms with E-state index in [1.54, 1.807) is 0 Å². The molecule has 2 N–H and O–H groups in total. The van der Waals surface area contributed by atoms with Gasteiger partial charge < -0.3 is 10.6 Å². The molecule has 0 radical (unpaired) electrons. The number of halogens is 1. The molecule has 0 aliphatic carbocycles. The first-order valence-electron chi connectivity index (χ1n) is 8.35. The fourth-order valence-corrected chi connectivity index (χ4v) is 4.28. The standard InChI is InChI=1S/C19H19ClN4OS2/c1-12-7-9-14(10-8-12)22-18-23-24-19(27-18)26-11-17(25)21-13(2)15-5-3-4-6-16(15)20/h3-10,13H,11H2,1-2H3,(H,21,25)(H,22,23)/t13-/m0/s1. The summed E-state index contributed by atoms with van der Waals surface area (Å²) in [5.74, 6) is 0.198. The Morgan fingerprint density at radius 3 is 2.67 bits per heavy atom. The SMILES string of the molecule is Cc1ccc(Nc2nnc(SCC(=O)N[C@@H](C)c3ccccc3Cl)s2)cc1. The van der Waals surface area contributed by atoms with Crippen molar-refractivity contribution in [2.24, 2.45) is 0 Å². The summed E-state index contributed by atoms with van der Waals surface area (Å²) in [6.07, 6.45) is 0. The van der Waals surface area contributed by atoms with Gasteiger partial charge in [-0.25, -0.2) is 0 Å². The Labute approximate surface area is 171 Å². The van der Waals surface area contributed by atoms with E-state index in [9.17, 15) is 4.79 Å². The molecule has 2 aromatic carbocycles. The minimum Gasteiger partial charge on any atom is -0.349 e. The van der Waals surface area contributed by atoms with Crippen molar-refractivity contribution in [2.75, 3.05) is 11.1 Å². The number of nitrogens with zero attached hydrogens (tertiary/aromatic N) is 2. The molecule has 0 saturated carbocycles. The van der Waals surface area contributed by atoms with E-state index >= 15 is 0 Å². The van der Waals surface area contributed by atoms with Gasteiger partial charge in [0.2, 0.25) is 11.0 Å². The molecule has 1 aromatic heterocycles. The summed E-state index contributed by atoms with van der Waals surface area (Å²) in [6, 6.07) is 15.4. The zero-order valence-electron chi connectivity index (χ0n) is 14.9. The van der Waals surface area contributed by atoms with Crippen LogP contribution in [0.15, 0.2) is 52.9 Å². The van der Waals surface area contributed by atoms with Crippen molar-refractivity contribution in [3.8, 4) is 0 Å². The molecule has 0 aliphatic heterocycles. The van der Waals surface area contributed by atoms with E-state index in [1.807, 2.05) is 62.4 Å². The lowest BCUT2D eigenvalue weighted by Crippen LogP contribution is -2.28. The number of nitrogens with one attached hydrogen (secondary N) is 2. The van der Waals surface area contributed by atoms with E-state index < -0.39 is 0 Å². The Morgan fingerprint density at radius 2 is 1.93 bits per heavy atom. The molecular weight excluding hydrogens is 400 g/mol. The van der Waals surface area contributed by atoms with Gasteiger partial charge in [-0.1, -0.05) is 70.6 Å². The number of rotatable bonds is 7. The largest absolute Gasteiger partial charge is 0.349 e. The van der Waals surface area contributed by atoms with Crippen LogP contribution in [0.2, 0.25) is 5.02 Å². The predicted octanol–water partition coefficient (Wildman–Crippen LogP) is 5.21. The second-order valence-electron chi connectivity index (χ2n) is 5.96. The Hall–Kier alpha value is -2.09. The third-order valence-electron chi connectivity index (χ3n) is 3.79. The third-order valence-corrected chi connectivity index (χ3v) is 6.10. The van der Waals surface area contributed by atoms with E-state index in [2.05, 4.69) is 20.8 Å². The van der Waals surface area contributed by atoms with Crippen molar-refractivity contribution in [1.82, 2.24) is 15.5 Å². The molecule has 1 atom stereocenters. The number of amides is 1. The van der Waals surface area contributed by atoms with Crippen LogP contribution in [0.25, 0.3) is 0 Å². The average Bonchev–Trinajstić information content (AvgIpc) is 3.09. The molecule has 3 rings (SSSR count). The molecule has 3 aromatic rings. The Bertz CT molecular complexity index is 914. The lowest BCUT2D eigenvalue weighted by Gasteiger charge is -2.15. The monoisotopic (exact) mass is 418 g/mol. The number of aryl methyl sites for hydroxylation is 1. The highest BCUT2D eigenvalue weighted by molar-refractivity contribution is 8.01. The maximum Gasteiger partial charge on any atom is 0.230 e. The summed E-state index contributed by atoms with van der Waals surface area (Å²) in [4.78, 5) is 12.2. The fourth-order valence-electron chi connectivity index (χ4n) is 2.39. The fraction of sp³-hybridized carbons (Fsp3) is 0.211. The van der Waals surface area contributed by atoms with Crippen molar-refractivity contribution in [3.63, 3.8) is 0 Å². The summed E-state index contributed by atoms with van der Waals surface area (Å²) < 4.78 is 0.741. The summed E-state index contributed by atoms with van der Waals surface area (Å²) in [5, 5.41) is 15.8. The van der Waals surface area contributed by atoms with Crippen LogP contribution in [0.5, 0.6) is 0 Å². The number of hydrogen-bond donors (Lipinski definition) is 2. The van der Waals surface area contributed by atoms with Crippen LogP contribution in [-0.4, -0.2) is 21.9 Å². The van der Waals surface area contributed by atoms with Gasteiger partial charge in [-0.3, -0.25) is 4.79 Å². The average molecular weight is 419 g/mol. The highest BCUT2D eigenvalue weighted by atomic mass is 35.5. The molecule has 0 saturated heterocycles. The zero-order chi connectivity index (χ0) is 19.2. The lowest BCUT2D eigenvalue weighted by atomic mass is 10.1. The van der Waals surface area contributed by atoms with E-state index in [4.69, 9.17) is 11.6 Å². The van der Waals surface area contributed by atoms with Gasteiger partial charge in [-0.2, -0.15) is 0 Å². The molecule has 1 heterocycles. The maximum atomic E-state index is 12.2. The molecular formula is C19H19ClN4OS2. The van der Waals surface area contributed by atoms with Crippen molar-refractivity contribution in [2.45, 2.75) is 24.2 Å². The molecule has 1 amide bonds. The zero-order valence-corrected chi connectivity index (χ0v) is 17.3.